The van der Waals surface area contributed by atoms with E-state index in [4.69, 9.17) is 9.26 Å². The normalized spacial score (nSPS) is 29.9. The van der Waals surface area contributed by atoms with Crippen LogP contribution in [-0.2, 0) is 18.8 Å². The summed E-state index contributed by atoms with van der Waals surface area (Å²) >= 11 is 0. The van der Waals surface area contributed by atoms with Crippen molar-refractivity contribution < 1.29 is 24.0 Å². The predicted molar refractivity (Wildman–Crippen MR) is 74.0 cm³/mol. The van der Waals surface area contributed by atoms with Crippen LogP contribution in [0.25, 0.3) is 0 Å². The van der Waals surface area contributed by atoms with Crippen LogP contribution >= 0.6 is 9.47 Å². The number of carbonyl (C=O) groups is 2. The molecule has 0 radical (unpaired) electrons. The van der Waals surface area contributed by atoms with E-state index in [1.165, 1.54) is 4.90 Å². The van der Waals surface area contributed by atoms with Gasteiger partial charge in [0, 0.05) is 5.92 Å². The van der Waals surface area contributed by atoms with Crippen LogP contribution in [0.1, 0.15) is 27.2 Å². The zero-order valence-corrected chi connectivity index (χ0v) is 13.0. The lowest BCUT2D eigenvalue weighted by Gasteiger charge is -2.46. The fraction of sp³-hybridized carbons (Fsp3) is 0.692. The molecule has 0 aromatic carbocycles. The average molecular weight is 301 g/mol. The van der Waals surface area contributed by atoms with Crippen molar-refractivity contribution in [1.82, 2.24) is 4.90 Å². The van der Waals surface area contributed by atoms with E-state index < -0.39 is 18.0 Å². The highest BCUT2D eigenvalue weighted by Crippen LogP contribution is 2.48. The molecule has 1 amide bonds. The first-order valence-electron chi connectivity index (χ1n) is 6.74. The van der Waals surface area contributed by atoms with Crippen LogP contribution in [0.15, 0.2) is 11.5 Å². The number of fused-ring (bicyclic) bond motifs is 1. The molecule has 1 unspecified atom stereocenters. The Morgan fingerprint density at radius 3 is 2.70 bits per heavy atom. The number of ether oxygens (including phenoxy) is 1. The zero-order valence-electron chi connectivity index (χ0n) is 11.8. The van der Waals surface area contributed by atoms with Gasteiger partial charge in [-0.3, -0.25) is 9.69 Å². The molecule has 6 nitrogen and oxygen atoms in total. The Balaban J connectivity index is 2.28. The van der Waals surface area contributed by atoms with Crippen LogP contribution < -0.4 is 0 Å². The molecule has 1 saturated heterocycles. The van der Waals surface area contributed by atoms with Gasteiger partial charge in [-0.2, -0.15) is 0 Å². The lowest BCUT2D eigenvalue weighted by atomic mass is 9.79. The molecule has 2 aliphatic heterocycles. The highest BCUT2D eigenvalue weighted by molar-refractivity contribution is 7.10. The van der Waals surface area contributed by atoms with Gasteiger partial charge in [-0.05, 0) is 13.3 Å². The number of hydrogen-bond donors (Lipinski definition) is 1. The predicted octanol–water partition coefficient (Wildman–Crippen LogP) is 0.815. The van der Waals surface area contributed by atoms with E-state index >= 15 is 0 Å². The van der Waals surface area contributed by atoms with Crippen LogP contribution in [0.3, 0.4) is 0 Å². The van der Waals surface area contributed by atoms with E-state index in [0.29, 0.717) is 18.8 Å². The van der Waals surface area contributed by atoms with Gasteiger partial charge in [0.15, 0.2) is 5.70 Å². The molecule has 1 fully saturated rings. The first-order chi connectivity index (χ1) is 9.45. The van der Waals surface area contributed by atoms with Crippen LogP contribution in [0.5, 0.6) is 0 Å². The fourth-order valence-corrected chi connectivity index (χ4v) is 3.26. The summed E-state index contributed by atoms with van der Waals surface area (Å²) in [5, 5.41) is 9.70. The van der Waals surface area contributed by atoms with Crippen molar-refractivity contribution in [1.29, 1.82) is 0 Å². The van der Waals surface area contributed by atoms with Crippen molar-refractivity contribution >= 4 is 21.3 Å². The molecule has 0 bridgehead atoms. The van der Waals surface area contributed by atoms with Crippen molar-refractivity contribution in [2.75, 3.05) is 6.61 Å². The molecule has 0 aromatic heterocycles. The van der Waals surface area contributed by atoms with Crippen molar-refractivity contribution in [2.45, 2.75) is 39.3 Å². The number of esters is 1. The zero-order chi connectivity index (χ0) is 15.0. The molecule has 2 aliphatic rings. The van der Waals surface area contributed by atoms with Crippen LogP contribution in [-0.4, -0.2) is 40.6 Å². The summed E-state index contributed by atoms with van der Waals surface area (Å²) in [5.41, 5.74) is 0.174. The van der Waals surface area contributed by atoms with Crippen molar-refractivity contribution in [3.05, 3.63) is 11.5 Å². The molecule has 2 heterocycles. The molecule has 112 valence electrons. The summed E-state index contributed by atoms with van der Waals surface area (Å²) in [6.45, 7) is 5.65. The van der Waals surface area contributed by atoms with Crippen LogP contribution in [0, 0.1) is 11.8 Å². The van der Waals surface area contributed by atoms with E-state index in [2.05, 4.69) is 9.47 Å². The Kier molecular flexibility index (Phi) is 4.35. The Labute approximate surface area is 120 Å². The van der Waals surface area contributed by atoms with Crippen molar-refractivity contribution in [2.24, 2.45) is 11.8 Å². The summed E-state index contributed by atoms with van der Waals surface area (Å²) in [6, 6.07) is -0.234. The maximum atomic E-state index is 12.1. The number of hydrogen-bond acceptors (Lipinski definition) is 5. The summed E-state index contributed by atoms with van der Waals surface area (Å²) in [4.78, 5) is 25.6. The van der Waals surface area contributed by atoms with Gasteiger partial charge >= 0.3 is 5.97 Å². The number of nitrogens with zero attached hydrogens (tertiary/aromatic N) is 1. The highest BCUT2D eigenvalue weighted by Gasteiger charge is 2.60. The second-order valence-electron chi connectivity index (χ2n) is 5.22. The number of amides is 1. The minimum Gasteiger partial charge on any atom is -0.482 e. The minimum absolute atomic E-state index is 0.144. The van der Waals surface area contributed by atoms with Crippen molar-refractivity contribution in [3.63, 3.8) is 0 Å². The third-order valence-corrected chi connectivity index (χ3v) is 4.12. The number of aliphatic hydroxyl groups is 1. The summed E-state index contributed by atoms with van der Waals surface area (Å²) in [7, 11) is 2.10. The third-order valence-electron chi connectivity index (χ3n) is 3.87. The van der Waals surface area contributed by atoms with Gasteiger partial charge in [0.05, 0.1) is 34.1 Å². The topological polar surface area (TPSA) is 76.1 Å². The van der Waals surface area contributed by atoms with Crippen molar-refractivity contribution in [3.8, 4) is 0 Å². The Morgan fingerprint density at radius 1 is 1.55 bits per heavy atom. The molecule has 7 heteroatoms. The van der Waals surface area contributed by atoms with Gasteiger partial charge in [-0.1, -0.05) is 13.8 Å². The van der Waals surface area contributed by atoms with Crippen LogP contribution in [0.2, 0.25) is 0 Å². The average Bonchev–Trinajstić information content (AvgIpc) is 2.64. The molecule has 0 aliphatic carbocycles. The number of rotatable bonds is 5. The molecule has 0 saturated carbocycles. The summed E-state index contributed by atoms with van der Waals surface area (Å²) in [6.07, 6.45) is -0.0396. The van der Waals surface area contributed by atoms with E-state index in [-0.39, 0.29) is 23.6 Å². The lowest BCUT2D eigenvalue weighted by molar-refractivity contribution is -0.164. The number of aliphatic hydroxyl groups excluding tert-OH is 1. The summed E-state index contributed by atoms with van der Waals surface area (Å²) < 4.78 is 10.3. The van der Waals surface area contributed by atoms with E-state index in [0.717, 1.165) is 0 Å². The molecule has 2 rings (SSSR count). The SMILES string of the molecule is CCCOC(=O)C1=C(OP)[C@H](C)[C@@H]2[C@@H]([C@@H](C)O)C(=O)N12. The summed E-state index contributed by atoms with van der Waals surface area (Å²) in [5.74, 6) is -1.00. The second-order valence-corrected chi connectivity index (χ2v) is 5.46. The molecular formula is C13H20NO5P. The Hall–Kier alpha value is -1.13. The molecule has 1 N–H and O–H groups in total. The number of β-lactam (4-membered cyclic amide) rings is 1. The van der Waals surface area contributed by atoms with E-state index in [1.54, 1.807) is 6.92 Å². The maximum Gasteiger partial charge on any atom is 0.358 e. The van der Waals surface area contributed by atoms with Gasteiger partial charge in [0.2, 0.25) is 5.91 Å². The Bertz CT molecular complexity index is 462. The third kappa shape index (κ3) is 2.11. The molecule has 20 heavy (non-hydrogen) atoms. The van der Waals surface area contributed by atoms with E-state index in [1.807, 2.05) is 13.8 Å². The first kappa shape index (κ1) is 15.3. The largest absolute Gasteiger partial charge is 0.482 e. The lowest BCUT2D eigenvalue weighted by Crippen LogP contribution is -2.63. The maximum absolute atomic E-state index is 12.1. The quantitative estimate of drug-likeness (QED) is 0.462. The van der Waals surface area contributed by atoms with E-state index in [9.17, 15) is 14.7 Å². The second kappa shape index (κ2) is 5.70. The number of carbonyl (C=O) groups excluding carboxylic acids is 2. The van der Waals surface area contributed by atoms with Crippen LogP contribution in [0.4, 0.5) is 0 Å². The van der Waals surface area contributed by atoms with Gasteiger partial charge in [-0.25, -0.2) is 4.79 Å². The monoisotopic (exact) mass is 301 g/mol. The van der Waals surface area contributed by atoms with Gasteiger partial charge in [-0.15, -0.1) is 0 Å². The molecule has 5 atom stereocenters. The highest BCUT2D eigenvalue weighted by atomic mass is 31.0. The standard InChI is InChI=1S/C13H20NO5P/c1-4-5-18-13(17)10-11(19-20)6(2)9-8(7(3)15)12(16)14(9)10/h6-9,15H,4-5,20H2,1-3H3/t6-,7-,8-,9-/m1/s1. The van der Waals surface area contributed by atoms with Gasteiger partial charge in [0.1, 0.15) is 5.76 Å². The fourth-order valence-electron chi connectivity index (χ4n) is 2.93. The molecular weight excluding hydrogens is 281 g/mol. The van der Waals surface area contributed by atoms with Gasteiger partial charge in [0.25, 0.3) is 0 Å². The minimum atomic E-state index is -0.747. The van der Waals surface area contributed by atoms with Gasteiger partial charge < -0.3 is 14.4 Å². The Morgan fingerprint density at radius 2 is 2.20 bits per heavy atom. The first-order valence-corrected chi connectivity index (χ1v) is 7.22. The molecule has 0 aromatic rings. The molecule has 0 spiro atoms. The smallest absolute Gasteiger partial charge is 0.358 e.